The third-order valence-corrected chi connectivity index (χ3v) is 4.40. The summed E-state index contributed by atoms with van der Waals surface area (Å²) in [5.74, 6) is -1.74. The number of alkyl halides is 12. The van der Waals surface area contributed by atoms with E-state index in [1.165, 1.54) is 0 Å². The molecule has 0 heterocycles. The fourth-order valence-electron chi connectivity index (χ4n) is 2.10. The van der Waals surface area contributed by atoms with E-state index in [4.69, 9.17) is 0 Å². The summed E-state index contributed by atoms with van der Waals surface area (Å²) >= 11 is 0. The molecule has 0 spiro atoms. The summed E-state index contributed by atoms with van der Waals surface area (Å²) in [6.45, 7) is 2.88. The van der Waals surface area contributed by atoms with Gasteiger partial charge in [0.2, 0.25) is 0 Å². The highest BCUT2D eigenvalue weighted by atomic mass is 19.4. The fraction of sp³-hybridized carbons (Fsp3) is 0.800. The Balaban J connectivity index is 6.39. The van der Waals surface area contributed by atoms with Gasteiger partial charge in [0.15, 0.2) is 10.8 Å². The molecule has 0 radical (unpaired) electrons. The number of carbonyl (C=O) groups excluding carboxylic acids is 1. The first-order chi connectivity index (χ1) is 12.4. The van der Waals surface area contributed by atoms with Crippen LogP contribution in [0.3, 0.4) is 0 Å². The Hall–Kier alpha value is -1.63. The van der Waals surface area contributed by atoms with E-state index in [1.807, 2.05) is 0 Å². The molecule has 0 fully saturated rings. The van der Waals surface area contributed by atoms with Gasteiger partial charge in [0.25, 0.3) is 0 Å². The second-order valence-corrected chi connectivity index (χ2v) is 6.87. The topological polar surface area (TPSA) is 26.3 Å². The molecule has 0 bridgehead atoms. The van der Waals surface area contributed by atoms with Gasteiger partial charge < -0.3 is 4.74 Å². The summed E-state index contributed by atoms with van der Waals surface area (Å²) in [5.41, 5.74) is -10.2. The van der Waals surface area contributed by atoms with Gasteiger partial charge in [-0.1, -0.05) is 6.58 Å². The number of ether oxygens (including phenoxy) is 1. The van der Waals surface area contributed by atoms with E-state index in [2.05, 4.69) is 11.3 Å². The van der Waals surface area contributed by atoms with E-state index in [0.29, 0.717) is 0 Å². The minimum Gasteiger partial charge on any atom is -0.459 e. The molecule has 0 saturated carbocycles. The molecule has 0 aliphatic heterocycles. The van der Waals surface area contributed by atoms with Crippen molar-refractivity contribution in [1.82, 2.24) is 0 Å². The third kappa shape index (κ3) is 5.71. The molecule has 172 valence electrons. The normalized spacial score (nSPS) is 14.9. The fourth-order valence-corrected chi connectivity index (χ4v) is 2.10. The quantitative estimate of drug-likeness (QED) is 0.259. The molecule has 14 heteroatoms. The van der Waals surface area contributed by atoms with Gasteiger partial charge in [0, 0.05) is 18.4 Å². The molecule has 0 atom stereocenters. The lowest BCUT2D eigenvalue weighted by Gasteiger charge is -2.40. The van der Waals surface area contributed by atoms with Crippen LogP contribution >= 0.6 is 0 Å². The highest BCUT2D eigenvalue weighted by Gasteiger charge is 2.71. The van der Waals surface area contributed by atoms with Crippen LogP contribution in [0.2, 0.25) is 0 Å². The molecule has 0 rings (SSSR count). The summed E-state index contributed by atoms with van der Waals surface area (Å²) in [5, 5.41) is 0. The maximum absolute atomic E-state index is 13.0. The van der Waals surface area contributed by atoms with Crippen LogP contribution in [0.25, 0.3) is 0 Å². The lowest BCUT2D eigenvalue weighted by Crippen LogP contribution is -2.53. The number of hydrogen-bond acceptors (Lipinski definition) is 2. The van der Waals surface area contributed by atoms with Crippen molar-refractivity contribution in [1.29, 1.82) is 0 Å². The van der Waals surface area contributed by atoms with Gasteiger partial charge in [0.1, 0.15) is 6.10 Å². The number of halogens is 12. The molecule has 0 unspecified atom stereocenters. The van der Waals surface area contributed by atoms with Crippen LogP contribution in [-0.2, 0) is 9.53 Å². The minimum atomic E-state index is -6.12. The molecule has 0 aromatic heterocycles. The first-order valence-corrected chi connectivity index (χ1v) is 7.54. The lowest BCUT2D eigenvalue weighted by atomic mass is 9.76. The molecular formula is C15H16F12O2. The second-order valence-electron chi connectivity index (χ2n) is 6.87. The first-order valence-electron chi connectivity index (χ1n) is 7.54. The Morgan fingerprint density at radius 3 is 1.14 bits per heavy atom. The van der Waals surface area contributed by atoms with Crippen LogP contribution in [0, 0.1) is 10.8 Å². The average Bonchev–Trinajstić information content (AvgIpc) is 2.41. The van der Waals surface area contributed by atoms with Gasteiger partial charge >= 0.3 is 30.7 Å². The zero-order chi connectivity index (χ0) is 23.9. The Bertz CT molecular complexity index is 541. The molecule has 0 saturated heterocycles. The lowest BCUT2D eigenvalue weighted by molar-refractivity contribution is -0.353. The van der Waals surface area contributed by atoms with Gasteiger partial charge in [-0.15, -0.1) is 0 Å². The van der Waals surface area contributed by atoms with E-state index < -0.39 is 79.9 Å². The van der Waals surface area contributed by atoms with Crippen LogP contribution in [0.15, 0.2) is 12.2 Å². The van der Waals surface area contributed by atoms with Crippen LogP contribution in [0.5, 0.6) is 0 Å². The molecule has 0 aromatic rings. The monoisotopic (exact) mass is 456 g/mol. The molecule has 0 aromatic carbocycles. The second kappa shape index (κ2) is 7.89. The van der Waals surface area contributed by atoms with Gasteiger partial charge in [-0.05, 0) is 20.8 Å². The summed E-state index contributed by atoms with van der Waals surface area (Å²) in [6.07, 6.45) is -32.3. The summed E-state index contributed by atoms with van der Waals surface area (Å²) in [6, 6.07) is 0. The Morgan fingerprint density at radius 1 is 0.724 bits per heavy atom. The summed E-state index contributed by atoms with van der Waals surface area (Å²) < 4.78 is 161. The number of hydrogen-bond donors (Lipinski definition) is 0. The van der Waals surface area contributed by atoms with Crippen molar-refractivity contribution in [2.24, 2.45) is 10.8 Å². The highest BCUT2D eigenvalue weighted by Crippen LogP contribution is 2.57. The molecule has 0 amide bonds. The van der Waals surface area contributed by atoms with Gasteiger partial charge in [0.05, 0.1) is 0 Å². The molecule has 0 N–H and O–H groups in total. The van der Waals surface area contributed by atoms with Crippen molar-refractivity contribution in [3.8, 4) is 0 Å². The predicted octanol–water partition coefficient (Wildman–Crippen LogP) is 6.52. The van der Waals surface area contributed by atoms with E-state index in [1.54, 1.807) is 0 Å². The van der Waals surface area contributed by atoms with Crippen molar-refractivity contribution in [3.63, 3.8) is 0 Å². The number of carbonyl (C=O) groups is 1. The van der Waals surface area contributed by atoms with Crippen LogP contribution in [0.4, 0.5) is 52.7 Å². The van der Waals surface area contributed by atoms with Gasteiger partial charge in [-0.25, -0.2) is 4.79 Å². The van der Waals surface area contributed by atoms with Crippen LogP contribution < -0.4 is 0 Å². The zero-order valence-corrected chi connectivity index (χ0v) is 15.1. The average molecular weight is 456 g/mol. The Morgan fingerprint density at radius 2 is 0.966 bits per heavy atom. The maximum Gasteiger partial charge on any atom is 0.403 e. The SMILES string of the molecule is C=C(C)C(=O)OC(CC(C)(C(F)(F)F)C(F)(F)F)CC(C)(C(F)(F)F)C(F)(F)F. The Kier molecular flexibility index (Phi) is 7.45. The van der Waals surface area contributed by atoms with Crippen molar-refractivity contribution in [3.05, 3.63) is 12.2 Å². The van der Waals surface area contributed by atoms with Crippen molar-refractivity contribution < 1.29 is 62.2 Å². The molecular weight excluding hydrogens is 440 g/mol. The van der Waals surface area contributed by atoms with E-state index in [-0.39, 0.29) is 0 Å². The molecule has 0 aliphatic carbocycles. The summed E-state index contributed by atoms with van der Waals surface area (Å²) in [4.78, 5) is 11.5. The molecule has 0 aliphatic rings. The third-order valence-electron chi connectivity index (χ3n) is 4.40. The Labute approximate surface area is 156 Å². The molecule has 2 nitrogen and oxygen atoms in total. The molecule has 29 heavy (non-hydrogen) atoms. The highest BCUT2D eigenvalue weighted by molar-refractivity contribution is 5.87. The van der Waals surface area contributed by atoms with Crippen molar-refractivity contribution >= 4 is 5.97 Å². The maximum atomic E-state index is 13.0. The van der Waals surface area contributed by atoms with Gasteiger partial charge in [-0.3, -0.25) is 0 Å². The minimum absolute atomic E-state index is 0.451. The van der Waals surface area contributed by atoms with E-state index in [0.717, 1.165) is 6.92 Å². The van der Waals surface area contributed by atoms with E-state index >= 15 is 0 Å². The smallest absolute Gasteiger partial charge is 0.403 e. The largest absolute Gasteiger partial charge is 0.459 e. The van der Waals surface area contributed by atoms with E-state index in [9.17, 15) is 57.5 Å². The summed E-state index contributed by atoms with van der Waals surface area (Å²) in [7, 11) is 0. The number of rotatable bonds is 6. The zero-order valence-electron chi connectivity index (χ0n) is 15.1. The standard InChI is InChI=1S/C15H16F12O2/c1-7(2)9(28)29-8(5-10(3,12(16,17)18)13(19,20)21)6-11(4,14(22,23)24)15(25,26)27/h8H,1,5-6H2,2-4H3. The van der Waals surface area contributed by atoms with Gasteiger partial charge in [-0.2, -0.15) is 52.7 Å². The van der Waals surface area contributed by atoms with Crippen molar-refractivity contribution in [2.45, 2.75) is 64.4 Å². The number of esters is 1. The van der Waals surface area contributed by atoms with Crippen LogP contribution in [0.1, 0.15) is 33.6 Å². The van der Waals surface area contributed by atoms with Crippen LogP contribution in [-0.4, -0.2) is 36.8 Å². The predicted molar refractivity (Wildman–Crippen MR) is 74.4 cm³/mol. The first kappa shape index (κ1) is 27.4. The van der Waals surface area contributed by atoms with Crippen molar-refractivity contribution in [2.75, 3.05) is 0 Å².